The monoisotopic (exact) mass is 265 g/mol. The Morgan fingerprint density at radius 2 is 2.37 bits per heavy atom. The maximum absolute atomic E-state index is 13.6. The SMILES string of the molecule is C[C@H](N)c1ccc(OCC(=O)NCCC#N)cc1F. The Hall–Kier alpha value is -2.13. The summed E-state index contributed by atoms with van der Waals surface area (Å²) in [6.45, 7) is 1.74. The molecule has 1 aromatic rings. The zero-order chi connectivity index (χ0) is 14.3. The van der Waals surface area contributed by atoms with Crippen LogP contribution in [0.5, 0.6) is 5.75 Å². The van der Waals surface area contributed by atoms with Gasteiger partial charge >= 0.3 is 0 Å². The molecule has 5 nitrogen and oxygen atoms in total. The number of rotatable bonds is 6. The number of nitrogens with zero attached hydrogens (tertiary/aromatic N) is 1. The normalized spacial score (nSPS) is 11.5. The number of halogens is 1. The van der Waals surface area contributed by atoms with Crippen molar-refractivity contribution in [2.75, 3.05) is 13.2 Å². The van der Waals surface area contributed by atoms with Crippen LogP contribution in [0, 0.1) is 17.1 Å². The van der Waals surface area contributed by atoms with Gasteiger partial charge in [-0.15, -0.1) is 0 Å². The second-order valence-corrected chi connectivity index (χ2v) is 4.02. The van der Waals surface area contributed by atoms with E-state index in [1.54, 1.807) is 13.0 Å². The topological polar surface area (TPSA) is 88.1 Å². The summed E-state index contributed by atoms with van der Waals surface area (Å²) in [6.07, 6.45) is 0.240. The standard InChI is InChI=1S/C13H16FN3O2/c1-9(16)11-4-3-10(7-12(11)14)19-8-13(18)17-6-2-5-15/h3-4,7,9H,2,6,8,16H2,1H3,(H,17,18)/t9-/m0/s1. The minimum absolute atomic E-state index is 0.220. The number of hydrogen-bond donors (Lipinski definition) is 2. The predicted molar refractivity (Wildman–Crippen MR) is 67.7 cm³/mol. The van der Waals surface area contributed by atoms with Crippen molar-refractivity contribution in [2.45, 2.75) is 19.4 Å². The second kappa shape index (κ2) is 7.34. The lowest BCUT2D eigenvalue weighted by molar-refractivity contribution is -0.123. The first-order chi connectivity index (χ1) is 9.04. The van der Waals surface area contributed by atoms with E-state index in [0.717, 1.165) is 0 Å². The number of benzene rings is 1. The van der Waals surface area contributed by atoms with Crippen molar-refractivity contribution in [1.29, 1.82) is 5.26 Å². The molecule has 0 aliphatic rings. The fraction of sp³-hybridized carbons (Fsp3) is 0.385. The summed E-state index contributed by atoms with van der Waals surface area (Å²) in [6, 6.07) is 5.79. The molecule has 0 bridgehead atoms. The summed E-state index contributed by atoms with van der Waals surface area (Å²) in [5.74, 6) is -0.554. The van der Waals surface area contributed by atoms with Gasteiger partial charge in [0, 0.05) is 24.2 Å². The first-order valence-electron chi connectivity index (χ1n) is 5.86. The van der Waals surface area contributed by atoms with Crippen LogP contribution in [-0.2, 0) is 4.79 Å². The van der Waals surface area contributed by atoms with E-state index in [1.165, 1.54) is 12.1 Å². The zero-order valence-electron chi connectivity index (χ0n) is 10.6. The lowest BCUT2D eigenvalue weighted by Gasteiger charge is -2.10. The molecule has 1 aromatic carbocycles. The Bertz CT molecular complexity index is 483. The lowest BCUT2D eigenvalue weighted by Crippen LogP contribution is -2.29. The summed E-state index contributed by atoms with van der Waals surface area (Å²) in [7, 11) is 0. The van der Waals surface area contributed by atoms with Crippen molar-refractivity contribution in [3.05, 3.63) is 29.6 Å². The summed E-state index contributed by atoms with van der Waals surface area (Å²) in [5.41, 5.74) is 5.98. The van der Waals surface area contributed by atoms with E-state index in [-0.39, 0.29) is 31.2 Å². The van der Waals surface area contributed by atoms with Gasteiger partial charge in [-0.25, -0.2) is 4.39 Å². The molecule has 1 amide bonds. The molecule has 19 heavy (non-hydrogen) atoms. The summed E-state index contributed by atoms with van der Waals surface area (Å²) in [4.78, 5) is 11.3. The van der Waals surface area contributed by atoms with E-state index in [4.69, 9.17) is 15.7 Å². The molecule has 0 aliphatic carbocycles. The number of hydrogen-bond acceptors (Lipinski definition) is 4. The van der Waals surface area contributed by atoms with E-state index in [0.29, 0.717) is 5.56 Å². The summed E-state index contributed by atoms with van der Waals surface area (Å²) < 4.78 is 18.7. The van der Waals surface area contributed by atoms with Crippen LogP contribution in [0.2, 0.25) is 0 Å². The average molecular weight is 265 g/mol. The average Bonchev–Trinajstić information content (AvgIpc) is 2.36. The van der Waals surface area contributed by atoms with Crippen LogP contribution in [0.1, 0.15) is 24.9 Å². The molecule has 6 heteroatoms. The highest BCUT2D eigenvalue weighted by atomic mass is 19.1. The maximum atomic E-state index is 13.6. The van der Waals surface area contributed by atoms with Crippen LogP contribution < -0.4 is 15.8 Å². The van der Waals surface area contributed by atoms with Gasteiger partial charge in [-0.1, -0.05) is 6.07 Å². The fourth-order valence-corrected chi connectivity index (χ4v) is 1.42. The molecule has 102 valence electrons. The molecule has 0 heterocycles. The van der Waals surface area contributed by atoms with Crippen LogP contribution in [0.15, 0.2) is 18.2 Å². The van der Waals surface area contributed by atoms with Gasteiger partial charge < -0.3 is 15.8 Å². The van der Waals surface area contributed by atoms with Crippen LogP contribution in [0.25, 0.3) is 0 Å². The third-order valence-electron chi connectivity index (χ3n) is 2.39. The van der Waals surface area contributed by atoms with Gasteiger partial charge in [0.25, 0.3) is 5.91 Å². The molecule has 3 N–H and O–H groups in total. The molecule has 1 rings (SSSR count). The number of carbonyl (C=O) groups excluding carboxylic acids is 1. The first-order valence-corrected chi connectivity index (χ1v) is 5.86. The Balaban J connectivity index is 2.48. The summed E-state index contributed by atoms with van der Waals surface area (Å²) in [5, 5.41) is 10.8. The van der Waals surface area contributed by atoms with Gasteiger partial charge in [0.05, 0.1) is 12.5 Å². The highest BCUT2D eigenvalue weighted by Crippen LogP contribution is 2.20. The molecule has 0 spiro atoms. The largest absolute Gasteiger partial charge is 0.484 e. The number of amides is 1. The fourth-order valence-electron chi connectivity index (χ4n) is 1.42. The van der Waals surface area contributed by atoms with Crippen molar-refractivity contribution in [3.63, 3.8) is 0 Å². The van der Waals surface area contributed by atoms with Gasteiger partial charge in [0.15, 0.2) is 6.61 Å². The molecule has 1 atom stereocenters. The number of nitrogens with one attached hydrogen (secondary N) is 1. The molecule has 0 unspecified atom stereocenters. The van der Waals surface area contributed by atoms with Crippen LogP contribution in [-0.4, -0.2) is 19.1 Å². The van der Waals surface area contributed by atoms with Crippen molar-refractivity contribution in [1.82, 2.24) is 5.32 Å². The molecule has 0 saturated heterocycles. The van der Waals surface area contributed by atoms with E-state index in [2.05, 4.69) is 5.32 Å². The van der Waals surface area contributed by atoms with Gasteiger partial charge in [0.1, 0.15) is 11.6 Å². The Labute approximate surface area is 111 Å². The number of ether oxygens (including phenoxy) is 1. The van der Waals surface area contributed by atoms with E-state index in [9.17, 15) is 9.18 Å². The zero-order valence-corrected chi connectivity index (χ0v) is 10.6. The van der Waals surface area contributed by atoms with E-state index < -0.39 is 11.9 Å². The lowest BCUT2D eigenvalue weighted by atomic mass is 10.1. The Kier molecular flexibility index (Phi) is 5.76. The molecule has 0 aliphatic heterocycles. The number of nitrogens with two attached hydrogens (primary N) is 1. The van der Waals surface area contributed by atoms with Crippen molar-refractivity contribution in [3.8, 4) is 11.8 Å². The maximum Gasteiger partial charge on any atom is 0.257 e. The molecule has 0 aromatic heterocycles. The smallest absolute Gasteiger partial charge is 0.257 e. The molecule has 0 fully saturated rings. The number of nitriles is 1. The molecule has 0 radical (unpaired) electrons. The minimum atomic E-state index is -0.461. The van der Waals surface area contributed by atoms with Gasteiger partial charge in [0.2, 0.25) is 0 Å². The minimum Gasteiger partial charge on any atom is -0.484 e. The third kappa shape index (κ3) is 4.94. The molecular formula is C13H16FN3O2. The highest BCUT2D eigenvalue weighted by molar-refractivity contribution is 5.77. The number of carbonyl (C=O) groups is 1. The van der Waals surface area contributed by atoms with Crippen LogP contribution in [0.4, 0.5) is 4.39 Å². The van der Waals surface area contributed by atoms with Crippen LogP contribution in [0.3, 0.4) is 0 Å². The van der Waals surface area contributed by atoms with E-state index in [1.807, 2.05) is 6.07 Å². The Morgan fingerprint density at radius 1 is 1.63 bits per heavy atom. The molecule has 0 saturated carbocycles. The highest BCUT2D eigenvalue weighted by Gasteiger charge is 2.09. The predicted octanol–water partition coefficient (Wildman–Crippen LogP) is 1.25. The summed E-state index contributed by atoms with van der Waals surface area (Å²) >= 11 is 0. The quantitative estimate of drug-likeness (QED) is 0.758. The first kappa shape index (κ1) is 14.9. The van der Waals surface area contributed by atoms with Crippen molar-refractivity contribution >= 4 is 5.91 Å². The third-order valence-corrected chi connectivity index (χ3v) is 2.39. The second-order valence-electron chi connectivity index (χ2n) is 4.02. The van der Waals surface area contributed by atoms with Gasteiger partial charge in [-0.3, -0.25) is 4.79 Å². The van der Waals surface area contributed by atoms with E-state index >= 15 is 0 Å². The van der Waals surface area contributed by atoms with Gasteiger partial charge in [-0.05, 0) is 13.0 Å². The Morgan fingerprint density at radius 3 is 2.95 bits per heavy atom. The van der Waals surface area contributed by atoms with Crippen molar-refractivity contribution < 1.29 is 13.9 Å². The van der Waals surface area contributed by atoms with Gasteiger partial charge in [-0.2, -0.15) is 5.26 Å². The van der Waals surface area contributed by atoms with Crippen LogP contribution >= 0.6 is 0 Å². The van der Waals surface area contributed by atoms with Crippen molar-refractivity contribution in [2.24, 2.45) is 5.73 Å². The molecular weight excluding hydrogens is 249 g/mol.